The van der Waals surface area contributed by atoms with Crippen LogP contribution < -0.4 is 5.32 Å². The summed E-state index contributed by atoms with van der Waals surface area (Å²) < 4.78 is 5.84. The van der Waals surface area contributed by atoms with Crippen LogP contribution in [0.2, 0.25) is 0 Å². The molecule has 18 heavy (non-hydrogen) atoms. The number of rotatable bonds is 6. The minimum atomic E-state index is -0.0512. The molecule has 3 heteroatoms. The summed E-state index contributed by atoms with van der Waals surface area (Å²) in [7, 11) is 0. The van der Waals surface area contributed by atoms with Gasteiger partial charge in [0, 0.05) is 18.2 Å². The van der Waals surface area contributed by atoms with E-state index in [1.807, 2.05) is 0 Å². The first-order chi connectivity index (χ1) is 8.45. The molecule has 0 saturated heterocycles. The maximum absolute atomic E-state index is 9.82. The van der Waals surface area contributed by atoms with Crippen molar-refractivity contribution >= 4 is 0 Å². The van der Waals surface area contributed by atoms with Gasteiger partial charge in [0.05, 0.1) is 12.2 Å². The van der Waals surface area contributed by atoms with E-state index in [1.165, 1.54) is 25.7 Å². The van der Waals surface area contributed by atoms with Gasteiger partial charge in [-0.3, -0.25) is 0 Å². The monoisotopic (exact) mass is 255 g/mol. The van der Waals surface area contributed by atoms with Gasteiger partial charge in [0.15, 0.2) is 0 Å². The van der Waals surface area contributed by atoms with Crippen LogP contribution in [0.5, 0.6) is 0 Å². The Morgan fingerprint density at radius 3 is 2.56 bits per heavy atom. The Morgan fingerprint density at radius 2 is 2.00 bits per heavy atom. The Kier molecular flexibility index (Phi) is 4.35. The van der Waals surface area contributed by atoms with Gasteiger partial charge in [-0.05, 0) is 58.8 Å². The van der Waals surface area contributed by atoms with Gasteiger partial charge in [-0.2, -0.15) is 0 Å². The van der Waals surface area contributed by atoms with Crippen molar-refractivity contribution in [3.63, 3.8) is 0 Å². The lowest BCUT2D eigenvalue weighted by Crippen LogP contribution is -2.52. The SMILES string of the molecule is CC(C)(C)OCCC1CCCC1(CO)NC1CC1. The fraction of sp³-hybridized carbons (Fsp3) is 1.00. The lowest BCUT2D eigenvalue weighted by atomic mass is 9.85. The van der Waals surface area contributed by atoms with Crippen LogP contribution in [0.1, 0.15) is 59.3 Å². The number of ether oxygens (including phenoxy) is 1. The van der Waals surface area contributed by atoms with Gasteiger partial charge in [0.2, 0.25) is 0 Å². The Labute approximate surface area is 111 Å². The molecule has 2 aliphatic rings. The van der Waals surface area contributed by atoms with E-state index in [0.717, 1.165) is 19.4 Å². The molecule has 2 rings (SSSR count). The highest BCUT2D eigenvalue weighted by molar-refractivity contribution is 5.02. The topological polar surface area (TPSA) is 41.5 Å². The van der Waals surface area contributed by atoms with Crippen molar-refractivity contribution in [2.45, 2.75) is 76.5 Å². The molecule has 0 aromatic heterocycles. The Bertz CT molecular complexity index is 270. The second kappa shape index (κ2) is 5.48. The fourth-order valence-electron chi connectivity index (χ4n) is 3.15. The lowest BCUT2D eigenvalue weighted by Gasteiger charge is -2.36. The van der Waals surface area contributed by atoms with Crippen molar-refractivity contribution in [2.75, 3.05) is 13.2 Å². The molecule has 0 aromatic rings. The van der Waals surface area contributed by atoms with E-state index in [9.17, 15) is 5.11 Å². The van der Waals surface area contributed by atoms with Crippen LogP contribution in [0.3, 0.4) is 0 Å². The minimum Gasteiger partial charge on any atom is -0.394 e. The summed E-state index contributed by atoms with van der Waals surface area (Å²) >= 11 is 0. The normalized spacial score (nSPS) is 33.0. The van der Waals surface area contributed by atoms with Crippen molar-refractivity contribution < 1.29 is 9.84 Å². The second-order valence-corrected chi connectivity index (χ2v) is 7.07. The van der Waals surface area contributed by atoms with Gasteiger partial charge < -0.3 is 15.2 Å². The third-order valence-corrected chi connectivity index (χ3v) is 4.31. The van der Waals surface area contributed by atoms with Crippen LogP contribution in [0.4, 0.5) is 0 Å². The van der Waals surface area contributed by atoms with Crippen molar-refractivity contribution in [1.29, 1.82) is 0 Å². The molecule has 2 N–H and O–H groups in total. The van der Waals surface area contributed by atoms with Gasteiger partial charge >= 0.3 is 0 Å². The fourth-order valence-corrected chi connectivity index (χ4v) is 3.15. The number of hydrogen-bond donors (Lipinski definition) is 2. The zero-order chi connectivity index (χ0) is 13.2. The summed E-state index contributed by atoms with van der Waals surface area (Å²) in [6.45, 7) is 7.39. The largest absolute Gasteiger partial charge is 0.394 e. The molecule has 0 spiro atoms. The van der Waals surface area contributed by atoms with E-state index in [4.69, 9.17) is 4.74 Å². The van der Waals surface area contributed by atoms with Gasteiger partial charge in [-0.1, -0.05) is 6.42 Å². The number of nitrogens with one attached hydrogen (secondary N) is 1. The van der Waals surface area contributed by atoms with Crippen LogP contribution in [0.15, 0.2) is 0 Å². The molecule has 106 valence electrons. The molecule has 0 radical (unpaired) electrons. The van der Waals surface area contributed by atoms with E-state index in [0.29, 0.717) is 12.0 Å². The van der Waals surface area contributed by atoms with Gasteiger partial charge in [0.25, 0.3) is 0 Å². The lowest BCUT2D eigenvalue weighted by molar-refractivity contribution is -0.0161. The molecule has 3 nitrogen and oxygen atoms in total. The maximum atomic E-state index is 9.82. The van der Waals surface area contributed by atoms with E-state index in [2.05, 4.69) is 26.1 Å². The smallest absolute Gasteiger partial charge is 0.0616 e. The highest BCUT2D eigenvalue weighted by Crippen LogP contribution is 2.40. The molecule has 2 fully saturated rings. The summed E-state index contributed by atoms with van der Waals surface area (Å²) in [5.41, 5.74) is -0.0627. The average molecular weight is 255 g/mol. The predicted molar refractivity (Wildman–Crippen MR) is 73.6 cm³/mol. The number of hydrogen-bond acceptors (Lipinski definition) is 3. The van der Waals surface area contributed by atoms with Crippen molar-refractivity contribution in [2.24, 2.45) is 5.92 Å². The molecular formula is C15H29NO2. The van der Waals surface area contributed by atoms with Crippen LogP contribution in [-0.4, -0.2) is 35.5 Å². The quantitative estimate of drug-likeness (QED) is 0.766. The van der Waals surface area contributed by atoms with Gasteiger partial charge in [-0.25, -0.2) is 0 Å². The standard InChI is InChI=1S/C15H29NO2/c1-14(2,3)18-10-8-12-5-4-9-15(12,11-17)16-13-6-7-13/h12-13,16-17H,4-11H2,1-3H3. The van der Waals surface area contributed by atoms with Crippen LogP contribution >= 0.6 is 0 Å². The maximum Gasteiger partial charge on any atom is 0.0616 e. The third kappa shape index (κ3) is 3.69. The molecule has 2 atom stereocenters. The Hall–Kier alpha value is -0.120. The van der Waals surface area contributed by atoms with E-state index >= 15 is 0 Å². The minimum absolute atomic E-state index is 0.0115. The van der Waals surface area contributed by atoms with Crippen molar-refractivity contribution in [3.05, 3.63) is 0 Å². The molecule has 0 aromatic carbocycles. The average Bonchev–Trinajstić information content (AvgIpc) is 2.99. The van der Waals surface area contributed by atoms with E-state index in [1.54, 1.807) is 0 Å². The first-order valence-electron chi connectivity index (χ1n) is 7.48. The van der Waals surface area contributed by atoms with Crippen LogP contribution in [0.25, 0.3) is 0 Å². The van der Waals surface area contributed by atoms with Crippen molar-refractivity contribution in [1.82, 2.24) is 5.32 Å². The summed E-state index contributed by atoms with van der Waals surface area (Å²) in [6, 6.07) is 0.668. The Morgan fingerprint density at radius 1 is 1.28 bits per heavy atom. The highest BCUT2D eigenvalue weighted by Gasteiger charge is 2.44. The number of aliphatic hydroxyl groups excluding tert-OH is 1. The molecule has 0 bridgehead atoms. The zero-order valence-electron chi connectivity index (χ0n) is 12.2. The van der Waals surface area contributed by atoms with Gasteiger partial charge in [-0.15, -0.1) is 0 Å². The summed E-state index contributed by atoms with van der Waals surface area (Å²) in [4.78, 5) is 0. The molecule has 2 aliphatic carbocycles. The zero-order valence-corrected chi connectivity index (χ0v) is 12.2. The molecule has 0 aliphatic heterocycles. The van der Waals surface area contributed by atoms with Crippen molar-refractivity contribution in [3.8, 4) is 0 Å². The summed E-state index contributed by atoms with van der Waals surface area (Å²) in [5, 5.41) is 13.5. The highest BCUT2D eigenvalue weighted by atomic mass is 16.5. The van der Waals surface area contributed by atoms with E-state index in [-0.39, 0.29) is 17.7 Å². The van der Waals surface area contributed by atoms with E-state index < -0.39 is 0 Å². The van der Waals surface area contributed by atoms with Crippen LogP contribution in [-0.2, 0) is 4.74 Å². The molecule has 0 heterocycles. The Balaban J connectivity index is 1.84. The first kappa shape index (κ1) is 14.3. The third-order valence-electron chi connectivity index (χ3n) is 4.31. The summed E-state index contributed by atoms with van der Waals surface area (Å²) in [6.07, 6.45) is 7.23. The van der Waals surface area contributed by atoms with Crippen LogP contribution in [0, 0.1) is 5.92 Å². The second-order valence-electron chi connectivity index (χ2n) is 7.07. The number of aliphatic hydroxyl groups is 1. The predicted octanol–water partition coefficient (Wildman–Crippen LogP) is 2.47. The van der Waals surface area contributed by atoms with Gasteiger partial charge in [0.1, 0.15) is 0 Å². The molecule has 0 amide bonds. The molecule has 2 unspecified atom stereocenters. The summed E-state index contributed by atoms with van der Waals surface area (Å²) in [5.74, 6) is 0.574. The molecule has 2 saturated carbocycles. The first-order valence-corrected chi connectivity index (χ1v) is 7.48. The molecular weight excluding hydrogens is 226 g/mol.